The SMILES string of the molecule is CCNC(=NCc1ccccc1CC)NCCc1ccc(OC)c(OC)c1OC.I. The van der Waals surface area contributed by atoms with Gasteiger partial charge in [-0.2, -0.15) is 0 Å². The Morgan fingerprint density at radius 1 is 0.833 bits per heavy atom. The fourth-order valence-electron chi connectivity index (χ4n) is 3.24. The van der Waals surface area contributed by atoms with Crippen LogP contribution in [0.5, 0.6) is 17.2 Å². The van der Waals surface area contributed by atoms with Crippen LogP contribution < -0.4 is 24.8 Å². The average Bonchev–Trinajstić information content (AvgIpc) is 2.76. The van der Waals surface area contributed by atoms with Gasteiger partial charge in [-0.1, -0.05) is 37.3 Å². The third-order valence-corrected chi connectivity index (χ3v) is 4.72. The number of hydrogen-bond donors (Lipinski definition) is 2. The van der Waals surface area contributed by atoms with E-state index in [4.69, 9.17) is 19.2 Å². The summed E-state index contributed by atoms with van der Waals surface area (Å²) >= 11 is 0. The lowest BCUT2D eigenvalue weighted by Crippen LogP contribution is -2.38. The lowest BCUT2D eigenvalue weighted by atomic mass is 10.1. The van der Waals surface area contributed by atoms with Crippen molar-refractivity contribution in [2.45, 2.75) is 33.2 Å². The minimum Gasteiger partial charge on any atom is -0.493 e. The second-order valence-electron chi connectivity index (χ2n) is 6.49. The van der Waals surface area contributed by atoms with E-state index in [-0.39, 0.29) is 24.0 Å². The summed E-state index contributed by atoms with van der Waals surface area (Å²) in [5, 5.41) is 6.71. The van der Waals surface area contributed by atoms with Crippen molar-refractivity contribution in [2.24, 2.45) is 4.99 Å². The molecule has 0 aliphatic heterocycles. The summed E-state index contributed by atoms with van der Waals surface area (Å²) in [6.07, 6.45) is 1.77. The molecule has 0 bridgehead atoms. The van der Waals surface area contributed by atoms with E-state index in [1.807, 2.05) is 12.1 Å². The molecule has 0 spiro atoms. The highest BCUT2D eigenvalue weighted by molar-refractivity contribution is 14.0. The van der Waals surface area contributed by atoms with Gasteiger partial charge >= 0.3 is 0 Å². The molecule has 0 unspecified atom stereocenters. The molecule has 0 heterocycles. The summed E-state index contributed by atoms with van der Waals surface area (Å²) in [5.41, 5.74) is 3.64. The van der Waals surface area contributed by atoms with Gasteiger partial charge in [-0.25, -0.2) is 4.99 Å². The Hall–Kier alpha value is -2.16. The molecule has 6 nitrogen and oxygen atoms in total. The van der Waals surface area contributed by atoms with E-state index >= 15 is 0 Å². The van der Waals surface area contributed by atoms with Gasteiger partial charge in [0.05, 0.1) is 27.9 Å². The van der Waals surface area contributed by atoms with Crippen molar-refractivity contribution >= 4 is 29.9 Å². The van der Waals surface area contributed by atoms with E-state index in [9.17, 15) is 0 Å². The molecule has 0 atom stereocenters. The van der Waals surface area contributed by atoms with E-state index in [2.05, 4.69) is 48.7 Å². The van der Waals surface area contributed by atoms with Crippen LogP contribution in [0, 0.1) is 0 Å². The molecule has 0 aromatic heterocycles. The number of nitrogens with one attached hydrogen (secondary N) is 2. The van der Waals surface area contributed by atoms with Crippen LogP contribution in [0.15, 0.2) is 41.4 Å². The molecule has 166 valence electrons. The summed E-state index contributed by atoms with van der Waals surface area (Å²) < 4.78 is 16.4. The van der Waals surface area contributed by atoms with Crippen LogP contribution in [0.4, 0.5) is 0 Å². The maximum Gasteiger partial charge on any atom is 0.203 e. The Morgan fingerprint density at radius 3 is 2.13 bits per heavy atom. The van der Waals surface area contributed by atoms with Gasteiger partial charge in [-0.15, -0.1) is 24.0 Å². The summed E-state index contributed by atoms with van der Waals surface area (Å²) in [4.78, 5) is 4.75. The van der Waals surface area contributed by atoms with E-state index in [1.54, 1.807) is 21.3 Å². The standard InChI is InChI=1S/C23H33N3O3.HI/c1-6-17-10-8-9-11-19(17)16-26-23(24-7-2)25-15-14-18-12-13-20(27-3)22(29-5)21(18)28-4;/h8-13H,6-7,14-16H2,1-5H3,(H2,24,25,26);1H. The fourth-order valence-corrected chi connectivity index (χ4v) is 3.24. The lowest BCUT2D eigenvalue weighted by Gasteiger charge is -2.16. The van der Waals surface area contributed by atoms with Crippen LogP contribution >= 0.6 is 24.0 Å². The average molecular weight is 527 g/mol. The number of ether oxygens (including phenoxy) is 3. The van der Waals surface area contributed by atoms with Crippen molar-refractivity contribution < 1.29 is 14.2 Å². The number of benzene rings is 2. The number of aliphatic imine (C=N–C) groups is 1. The zero-order valence-corrected chi connectivity index (χ0v) is 20.9. The van der Waals surface area contributed by atoms with Crippen LogP contribution in [0.25, 0.3) is 0 Å². The van der Waals surface area contributed by atoms with Crippen LogP contribution in [0.2, 0.25) is 0 Å². The third-order valence-electron chi connectivity index (χ3n) is 4.72. The second kappa shape index (κ2) is 14.0. The van der Waals surface area contributed by atoms with Crippen molar-refractivity contribution in [1.29, 1.82) is 0 Å². The Morgan fingerprint density at radius 2 is 1.53 bits per heavy atom. The van der Waals surface area contributed by atoms with Gasteiger partial charge in [0.2, 0.25) is 5.75 Å². The van der Waals surface area contributed by atoms with Gasteiger partial charge in [0.25, 0.3) is 0 Å². The zero-order chi connectivity index (χ0) is 21.1. The van der Waals surface area contributed by atoms with Crippen LogP contribution in [0.3, 0.4) is 0 Å². The third kappa shape index (κ3) is 6.97. The number of nitrogens with zero attached hydrogens (tertiary/aromatic N) is 1. The topological polar surface area (TPSA) is 64.1 Å². The first-order valence-corrected chi connectivity index (χ1v) is 10.0. The Kier molecular flexibility index (Phi) is 12.0. The van der Waals surface area contributed by atoms with E-state index in [0.717, 1.165) is 30.9 Å². The summed E-state index contributed by atoms with van der Waals surface area (Å²) in [6, 6.07) is 12.3. The molecule has 0 saturated carbocycles. The highest BCUT2D eigenvalue weighted by Crippen LogP contribution is 2.39. The van der Waals surface area contributed by atoms with Crippen molar-refractivity contribution in [3.8, 4) is 17.2 Å². The van der Waals surface area contributed by atoms with Crippen LogP contribution in [-0.2, 0) is 19.4 Å². The summed E-state index contributed by atoms with van der Waals surface area (Å²) in [5.74, 6) is 2.78. The fraction of sp³-hybridized carbons (Fsp3) is 0.435. The van der Waals surface area contributed by atoms with Gasteiger partial charge in [-0.05, 0) is 37.0 Å². The van der Waals surface area contributed by atoms with Gasteiger partial charge in [0.1, 0.15) is 0 Å². The normalized spacial score (nSPS) is 10.8. The molecule has 2 aromatic carbocycles. The maximum absolute atomic E-state index is 5.57. The van der Waals surface area contributed by atoms with E-state index in [1.165, 1.54) is 11.1 Å². The highest BCUT2D eigenvalue weighted by atomic mass is 127. The Labute approximate surface area is 197 Å². The van der Waals surface area contributed by atoms with Crippen molar-refractivity contribution in [2.75, 3.05) is 34.4 Å². The molecular formula is C23H34IN3O3. The first-order chi connectivity index (χ1) is 14.2. The number of guanidine groups is 1. The summed E-state index contributed by atoms with van der Waals surface area (Å²) in [7, 11) is 4.88. The van der Waals surface area contributed by atoms with Gasteiger partial charge in [0.15, 0.2) is 17.5 Å². The van der Waals surface area contributed by atoms with Crippen molar-refractivity contribution in [3.05, 3.63) is 53.1 Å². The Balaban J connectivity index is 0.00000450. The molecule has 2 aromatic rings. The Bertz CT molecular complexity index is 812. The minimum absolute atomic E-state index is 0. The van der Waals surface area contributed by atoms with Gasteiger partial charge < -0.3 is 24.8 Å². The predicted molar refractivity (Wildman–Crippen MR) is 134 cm³/mol. The number of hydrogen-bond acceptors (Lipinski definition) is 4. The zero-order valence-electron chi connectivity index (χ0n) is 18.6. The van der Waals surface area contributed by atoms with E-state index in [0.29, 0.717) is 30.3 Å². The first-order valence-electron chi connectivity index (χ1n) is 10.0. The number of aryl methyl sites for hydroxylation is 1. The number of halogens is 1. The molecule has 30 heavy (non-hydrogen) atoms. The maximum atomic E-state index is 5.57. The smallest absolute Gasteiger partial charge is 0.203 e. The molecule has 0 aliphatic carbocycles. The summed E-state index contributed by atoms with van der Waals surface area (Å²) in [6.45, 7) is 6.41. The quantitative estimate of drug-likeness (QED) is 0.276. The first kappa shape index (κ1) is 25.9. The molecule has 2 rings (SSSR count). The molecular weight excluding hydrogens is 493 g/mol. The van der Waals surface area contributed by atoms with Gasteiger partial charge in [-0.3, -0.25) is 0 Å². The van der Waals surface area contributed by atoms with Gasteiger partial charge in [0, 0.05) is 18.7 Å². The van der Waals surface area contributed by atoms with Crippen molar-refractivity contribution in [1.82, 2.24) is 10.6 Å². The molecule has 0 amide bonds. The molecule has 2 N–H and O–H groups in total. The molecule has 0 saturated heterocycles. The minimum atomic E-state index is 0. The monoisotopic (exact) mass is 527 g/mol. The molecule has 0 aliphatic rings. The second-order valence-corrected chi connectivity index (χ2v) is 6.49. The number of methoxy groups -OCH3 is 3. The number of rotatable bonds is 10. The van der Waals surface area contributed by atoms with Crippen molar-refractivity contribution in [3.63, 3.8) is 0 Å². The van der Waals surface area contributed by atoms with Crippen LogP contribution in [-0.4, -0.2) is 40.4 Å². The lowest BCUT2D eigenvalue weighted by molar-refractivity contribution is 0.322. The van der Waals surface area contributed by atoms with E-state index < -0.39 is 0 Å². The molecule has 0 radical (unpaired) electrons. The van der Waals surface area contributed by atoms with Crippen LogP contribution in [0.1, 0.15) is 30.5 Å². The highest BCUT2D eigenvalue weighted by Gasteiger charge is 2.15. The molecule has 0 fully saturated rings. The molecule has 7 heteroatoms. The predicted octanol–water partition coefficient (Wildman–Crippen LogP) is 4.19. The largest absolute Gasteiger partial charge is 0.493 e.